The van der Waals surface area contributed by atoms with Crippen molar-refractivity contribution in [1.29, 1.82) is 0 Å². The van der Waals surface area contributed by atoms with Crippen molar-refractivity contribution in [1.82, 2.24) is 10.2 Å². The summed E-state index contributed by atoms with van der Waals surface area (Å²) in [6.45, 7) is 3.63. The zero-order chi connectivity index (χ0) is 10.7. The summed E-state index contributed by atoms with van der Waals surface area (Å²) in [6, 6.07) is 0. The van der Waals surface area contributed by atoms with Crippen LogP contribution in [-0.4, -0.2) is 41.1 Å². The first-order valence-electron chi connectivity index (χ1n) is 5.95. The van der Waals surface area contributed by atoms with Crippen LogP contribution in [0.25, 0.3) is 0 Å². The summed E-state index contributed by atoms with van der Waals surface area (Å²) >= 11 is 2.04. The lowest BCUT2D eigenvalue weighted by molar-refractivity contribution is -0.128. The fraction of sp³-hybridized carbons (Fsp3) is 0.909. The van der Waals surface area contributed by atoms with Crippen molar-refractivity contribution in [2.24, 2.45) is 0 Å². The molecule has 3 nitrogen and oxygen atoms in total. The first-order valence-corrected chi connectivity index (χ1v) is 7.00. The van der Waals surface area contributed by atoms with Crippen molar-refractivity contribution in [2.45, 2.75) is 44.0 Å². The molecular formula is C11H20N2OS. The lowest BCUT2D eigenvalue weighted by Gasteiger charge is -2.29. The topological polar surface area (TPSA) is 32.3 Å². The predicted molar refractivity (Wildman–Crippen MR) is 63.9 cm³/mol. The van der Waals surface area contributed by atoms with Gasteiger partial charge in [0.2, 0.25) is 5.91 Å². The molecule has 1 amide bonds. The van der Waals surface area contributed by atoms with E-state index in [1.807, 2.05) is 16.7 Å². The Labute approximate surface area is 96.0 Å². The minimum absolute atomic E-state index is 0.285. The summed E-state index contributed by atoms with van der Waals surface area (Å²) in [5, 5.41) is 3.94. The van der Waals surface area contributed by atoms with E-state index in [4.69, 9.17) is 0 Å². The number of thioether (sulfide) groups is 1. The van der Waals surface area contributed by atoms with Gasteiger partial charge in [-0.1, -0.05) is 13.3 Å². The van der Waals surface area contributed by atoms with E-state index >= 15 is 0 Å². The van der Waals surface area contributed by atoms with Crippen LogP contribution in [0.2, 0.25) is 0 Å². The molecule has 2 aliphatic heterocycles. The Morgan fingerprint density at radius 3 is 3.07 bits per heavy atom. The molecule has 0 saturated carbocycles. The molecule has 15 heavy (non-hydrogen) atoms. The Morgan fingerprint density at radius 1 is 1.53 bits per heavy atom. The first-order chi connectivity index (χ1) is 7.31. The summed E-state index contributed by atoms with van der Waals surface area (Å²) < 4.78 is 0. The van der Waals surface area contributed by atoms with Crippen LogP contribution in [-0.2, 0) is 4.79 Å². The number of amides is 1. The van der Waals surface area contributed by atoms with E-state index in [1.165, 1.54) is 25.0 Å². The van der Waals surface area contributed by atoms with Crippen molar-refractivity contribution in [3.8, 4) is 0 Å². The molecule has 2 fully saturated rings. The molecule has 2 aliphatic rings. The number of nitrogens with one attached hydrogen (secondary N) is 1. The Kier molecular flexibility index (Phi) is 3.92. The van der Waals surface area contributed by atoms with E-state index < -0.39 is 0 Å². The van der Waals surface area contributed by atoms with Crippen LogP contribution in [0.5, 0.6) is 0 Å². The second kappa shape index (κ2) is 5.21. The van der Waals surface area contributed by atoms with Crippen LogP contribution < -0.4 is 5.32 Å². The third kappa shape index (κ3) is 2.67. The molecule has 4 heteroatoms. The minimum Gasteiger partial charge on any atom is -0.325 e. The van der Waals surface area contributed by atoms with Gasteiger partial charge in [-0.15, -0.1) is 0 Å². The number of rotatable bonds is 3. The summed E-state index contributed by atoms with van der Waals surface area (Å²) in [5.41, 5.74) is 0. The van der Waals surface area contributed by atoms with Crippen molar-refractivity contribution < 1.29 is 4.79 Å². The van der Waals surface area contributed by atoms with Crippen LogP contribution in [0.15, 0.2) is 0 Å². The smallest absolute Gasteiger partial charge is 0.237 e. The van der Waals surface area contributed by atoms with E-state index in [1.54, 1.807) is 0 Å². The van der Waals surface area contributed by atoms with Crippen molar-refractivity contribution in [2.75, 3.05) is 18.8 Å². The second-order valence-corrected chi connectivity index (χ2v) is 5.75. The standard InChI is InChI=1S/C11H20N2OS/c1-2-10-12-7-11(14)13(10)8-9-5-3-4-6-15-9/h9-10,12H,2-8H2,1H3. The number of carbonyl (C=O) groups is 1. The summed E-state index contributed by atoms with van der Waals surface area (Å²) in [7, 11) is 0. The lowest BCUT2D eigenvalue weighted by atomic mass is 10.1. The van der Waals surface area contributed by atoms with E-state index in [-0.39, 0.29) is 5.91 Å². The van der Waals surface area contributed by atoms with Crippen LogP contribution in [0, 0.1) is 0 Å². The van der Waals surface area contributed by atoms with E-state index in [0.29, 0.717) is 18.0 Å². The van der Waals surface area contributed by atoms with Gasteiger partial charge in [0.25, 0.3) is 0 Å². The maximum Gasteiger partial charge on any atom is 0.237 e. The molecular weight excluding hydrogens is 208 g/mol. The molecule has 0 aliphatic carbocycles. The highest BCUT2D eigenvalue weighted by atomic mass is 32.2. The molecule has 0 radical (unpaired) electrons. The molecule has 1 N–H and O–H groups in total. The number of carbonyl (C=O) groups excluding carboxylic acids is 1. The summed E-state index contributed by atoms with van der Waals surface area (Å²) in [6.07, 6.45) is 5.28. The van der Waals surface area contributed by atoms with E-state index in [2.05, 4.69) is 12.2 Å². The predicted octanol–water partition coefficient (Wildman–Crippen LogP) is 1.44. The van der Waals surface area contributed by atoms with Gasteiger partial charge >= 0.3 is 0 Å². The Bertz CT molecular complexity index is 229. The zero-order valence-corrected chi connectivity index (χ0v) is 10.2. The zero-order valence-electron chi connectivity index (χ0n) is 9.37. The van der Waals surface area contributed by atoms with Gasteiger partial charge in [0.05, 0.1) is 12.7 Å². The molecule has 0 bridgehead atoms. The van der Waals surface area contributed by atoms with Gasteiger partial charge in [0.15, 0.2) is 0 Å². The third-order valence-electron chi connectivity index (χ3n) is 3.25. The Hall–Kier alpha value is -0.220. The van der Waals surface area contributed by atoms with Gasteiger partial charge in [-0.3, -0.25) is 10.1 Å². The summed E-state index contributed by atoms with van der Waals surface area (Å²) in [5.74, 6) is 1.56. The highest BCUT2D eigenvalue weighted by Crippen LogP contribution is 2.26. The van der Waals surface area contributed by atoms with Crippen molar-refractivity contribution in [3.63, 3.8) is 0 Å². The van der Waals surface area contributed by atoms with Crippen molar-refractivity contribution >= 4 is 17.7 Å². The molecule has 2 rings (SSSR count). The lowest BCUT2D eigenvalue weighted by Crippen LogP contribution is -2.41. The fourth-order valence-electron chi connectivity index (χ4n) is 2.36. The third-order valence-corrected chi connectivity index (χ3v) is 4.63. The van der Waals surface area contributed by atoms with Gasteiger partial charge in [-0.05, 0) is 25.0 Å². The number of hydrogen-bond donors (Lipinski definition) is 1. The highest BCUT2D eigenvalue weighted by molar-refractivity contribution is 7.99. The molecule has 0 spiro atoms. The van der Waals surface area contributed by atoms with Gasteiger partial charge in [0, 0.05) is 11.8 Å². The SMILES string of the molecule is CCC1NCC(=O)N1CC1CCCCS1. The van der Waals surface area contributed by atoms with Crippen molar-refractivity contribution in [3.05, 3.63) is 0 Å². The molecule has 0 aromatic rings. The molecule has 2 saturated heterocycles. The minimum atomic E-state index is 0.285. The molecule has 2 atom stereocenters. The van der Waals surface area contributed by atoms with Gasteiger partial charge in [-0.25, -0.2) is 0 Å². The molecule has 2 unspecified atom stereocenters. The van der Waals surface area contributed by atoms with Gasteiger partial charge in [0.1, 0.15) is 0 Å². The molecule has 0 aromatic carbocycles. The average molecular weight is 228 g/mol. The largest absolute Gasteiger partial charge is 0.325 e. The molecule has 86 valence electrons. The van der Waals surface area contributed by atoms with E-state index in [9.17, 15) is 4.79 Å². The average Bonchev–Trinajstić information content (AvgIpc) is 2.62. The summed E-state index contributed by atoms with van der Waals surface area (Å²) in [4.78, 5) is 13.7. The fourth-order valence-corrected chi connectivity index (χ4v) is 3.66. The molecule has 2 heterocycles. The number of hydrogen-bond acceptors (Lipinski definition) is 3. The Balaban J connectivity index is 1.88. The maximum absolute atomic E-state index is 11.7. The van der Waals surface area contributed by atoms with E-state index in [0.717, 1.165) is 13.0 Å². The van der Waals surface area contributed by atoms with Crippen LogP contribution in [0.1, 0.15) is 32.6 Å². The Morgan fingerprint density at radius 2 is 2.40 bits per heavy atom. The van der Waals surface area contributed by atoms with Crippen LogP contribution in [0.4, 0.5) is 0 Å². The van der Waals surface area contributed by atoms with Crippen LogP contribution >= 0.6 is 11.8 Å². The normalized spacial score (nSPS) is 32.3. The number of nitrogens with zero attached hydrogens (tertiary/aromatic N) is 1. The monoisotopic (exact) mass is 228 g/mol. The first kappa shape index (κ1) is 11.3. The highest BCUT2D eigenvalue weighted by Gasteiger charge is 2.31. The quantitative estimate of drug-likeness (QED) is 0.793. The second-order valence-electron chi connectivity index (χ2n) is 4.34. The van der Waals surface area contributed by atoms with Gasteiger partial charge in [-0.2, -0.15) is 11.8 Å². The van der Waals surface area contributed by atoms with Crippen LogP contribution in [0.3, 0.4) is 0 Å². The molecule has 0 aromatic heterocycles. The van der Waals surface area contributed by atoms with Gasteiger partial charge < -0.3 is 4.90 Å². The maximum atomic E-state index is 11.7.